The molecule has 17 heavy (non-hydrogen) atoms. The Bertz CT molecular complexity index is 321. The average molecular weight is 238 g/mol. The van der Waals surface area contributed by atoms with E-state index in [4.69, 9.17) is 4.74 Å². The Hall–Kier alpha value is -0.860. The monoisotopic (exact) mass is 238 g/mol. The fraction of sp³-hybridized carbons (Fsp3) is 0.857. The van der Waals surface area contributed by atoms with Crippen LogP contribution in [0, 0.1) is 29.6 Å². The Kier molecular flexibility index (Phi) is 3.55. The first kappa shape index (κ1) is 12.6. The van der Waals surface area contributed by atoms with Crippen molar-refractivity contribution in [3.05, 3.63) is 0 Å². The summed E-state index contributed by atoms with van der Waals surface area (Å²) < 4.78 is 4.77. The number of rotatable bonds is 4. The lowest BCUT2D eigenvalue weighted by molar-refractivity contribution is -0.153. The first-order chi connectivity index (χ1) is 8.04. The van der Waals surface area contributed by atoms with Gasteiger partial charge in [0.25, 0.3) is 0 Å². The van der Waals surface area contributed by atoms with Crippen LogP contribution in [0.25, 0.3) is 0 Å². The number of methoxy groups -OCH3 is 1. The zero-order valence-electron chi connectivity index (χ0n) is 10.9. The second kappa shape index (κ2) is 4.79. The van der Waals surface area contributed by atoms with Gasteiger partial charge in [-0.15, -0.1) is 0 Å². The van der Waals surface area contributed by atoms with Crippen LogP contribution < -0.4 is 0 Å². The summed E-state index contributed by atoms with van der Waals surface area (Å²) in [5.74, 6) is 0.670. The van der Waals surface area contributed by atoms with Gasteiger partial charge >= 0.3 is 5.97 Å². The standard InChI is InChI=1S/C14H22O3/c1-8(2)12(14(16)17-3)13(15)11-7-9-4-5-10(11)6-9/h8-12H,4-7H2,1-3H3. The summed E-state index contributed by atoms with van der Waals surface area (Å²) in [5.41, 5.74) is 0. The van der Waals surface area contributed by atoms with Crippen LogP contribution in [0.4, 0.5) is 0 Å². The maximum absolute atomic E-state index is 12.5. The number of carbonyl (C=O) groups is 2. The van der Waals surface area contributed by atoms with E-state index in [0.717, 1.165) is 12.3 Å². The van der Waals surface area contributed by atoms with E-state index in [1.807, 2.05) is 13.8 Å². The number of fused-ring (bicyclic) bond motifs is 2. The van der Waals surface area contributed by atoms with E-state index in [9.17, 15) is 9.59 Å². The molecule has 0 spiro atoms. The molecule has 0 aromatic rings. The van der Waals surface area contributed by atoms with E-state index >= 15 is 0 Å². The second-order valence-corrected chi connectivity index (χ2v) is 5.93. The number of esters is 1. The molecule has 0 aliphatic heterocycles. The Morgan fingerprint density at radius 3 is 2.29 bits per heavy atom. The molecule has 3 nitrogen and oxygen atoms in total. The third-order valence-electron chi connectivity index (χ3n) is 4.53. The van der Waals surface area contributed by atoms with Gasteiger partial charge in [-0.05, 0) is 37.0 Å². The normalized spacial score (nSPS) is 32.8. The predicted molar refractivity (Wildman–Crippen MR) is 64.3 cm³/mol. The van der Waals surface area contributed by atoms with Gasteiger partial charge in [0.2, 0.25) is 0 Å². The van der Waals surface area contributed by atoms with Crippen LogP contribution in [0.2, 0.25) is 0 Å². The molecule has 0 radical (unpaired) electrons. The number of ketones is 1. The largest absolute Gasteiger partial charge is 0.468 e. The number of ether oxygens (including phenoxy) is 1. The molecule has 3 heteroatoms. The summed E-state index contributed by atoms with van der Waals surface area (Å²) in [6.45, 7) is 3.85. The van der Waals surface area contributed by atoms with Crippen molar-refractivity contribution in [3.8, 4) is 0 Å². The summed E-state index contributed by atoms with van der Waals surface area (Å²) >= 11 is 0. The van der Waals surface area contributed by atoms with Gasteiger partial charge in [-0.25, -0.2) is 0 Å². The molecule has 2 fully saturated rings. The van der Waals surface area contributed by atoms with Crippen molar-refractivity contribution in [1.82, 2.24) is 0 Å². The lowest BCUT2D eigenvalue weighted by atomic mass is 9.77. The minimum absolute atomic E-state index is 0.0362. The van der Waals surface area contributed by atoms with Crippen LogP contribution >= 0.6 is 0 Å². The van der Waals surface area contributed by atoms with Crippen molar-refractivity contribution in [2.45, 2.75) is 39.5 Å². The van der Waals surface area contributed by atoms with E-state index in [2.05, 4.69) is 0 Å². The highest BCUT2D eigenvalue weighted by Gasteiger charge is 2.46. The van der Waals surface area contributed by atoms with E-state index in [-0.39, 0.29) is 23.6 Å². The molecule has 0 heterocycles. The molecule has 2 saturated carbocycles. The van der Waals surface area contributed by atoms with E-state index < -0.39 is 5.92 Å². The van der Waals surface area contributed by atoms with Crippen LogP contribution in [0.1, 0.15) is 39.5 Å². The summed E-state index contributed by atoms with van der Waals surface area (Å²) in [6, 6.07) is 0. The molecule has 0 N–H and O–H groups in total. The fourth-order valence-corrected chi connectivity index (χ4v) is 3.67. The van der Waals surface area contributed by atoms with Gasteiger partial charge in [-0.3, -0.25) is 9.59 Å². The molecule has 4 unspecified atom stereocenters. The molecule has 0 aromatic heterocycles. The average Bonchev–Trinajstić information content (AvgIpc) is 2.89. The SMILES string of the molecule is COC(=O)C(C(=O)C1CC2CCC1C2)C(C)C. The maximum Gasteiger partial charge on any atom is 0.316 e. The fourth-order valence-electron chi connectivity index (χ4n) is 3.67. The van der Waals surface area contributed by atoms with Crippen molar-refractivity contribution in [2.24, 2.45) is 29.6 Å². The van der Waals surface area contributed by atoms with E-state index in [1.54, 1.807) is 0 Å². The molecule has 2 aliphatic carbocycles. The van der Waals surface area contributed by atoms with Gasteiger partial charge in [0, 0.05) is 5.92 Å². The molecular weight excluding hydrogens is 216 g/mol. The van der Waals surface area contributed by atoms with Crippen LogP contribution in [0.15, 0.2) is 0 Å². The Morgan fingerprint density at radius 2 is 1.88 bits per heavy atom. The Balaban J connectivity index is 2.09. The first-order valence-electron chi connectivity index (χ1n) is 6.66. The van der Waals surface area contributed by atoms with E-state index in [0.29, 0.717) is 5.92 Å². The molecule has 0 amide bonds. The second-order valence-electron chi connectivity index (χ2n) is 5.93. The van der Waals surface area contributed by atoms with Crippen molar-refractivity contribution in [1.29, 1.82) is 0 Å². The lowest BCUT2D eigenvalue weighted by Gasteiger charge is -2.26. The highest BCUT2D eigenvalue weighted by molar-refractivity contribution is 6.00. The molecular formula is C14H22O3. The molecule has 96 valence electrons. The molecule has 2 bridgehead atoms. The lowest BCUT2D eigenvalue weighted by Crippen LogP contribution is -2.36. The number of hydrogen-bond donors (Lipinski definition) is 0. The summed E-state index contributed by atoms with van der Waals surface area (Å²) in [5, 5.41) is 0. The summed E-state index contributed by atoms with van der Waals surface area (Å²) in [6.07, 6.45) is 4.65. The van der Waals surface area contributed by atoms with Crippen LogP contribution in [0.5, 0.6) is 0 Å². The van der Waals surface area contributed by atoms with Gasteiger partial charge in [0.15, 0.2) is 5.78 Å². The summed E-state index contributed by atoms with van der Waals surface area (Å²) in [4.78, 5) is 24.2. The molecule has 0 saturated heterocycles. The predicted octanol–water partition coefficient (Wildman–Crippen LogP) is 2.44. The van der Waals surface area contributed by atoms with Gasteiger partial charge < -0.3 is 4.74 Å². The topological polar surface area (TPSA) is 43.4 Å². The molecule has 0 aromatic carbocycles. The Morgan fingerprint density at radius 1 is 1.18 bits per heavy atom. The minimum atomic E-state index is -0.552. The maximum atomic E-state index is 12.5. The van der Waals surface area contributed by atoms with Crippen molar-refractivity contribution in [3.63, 3.8) is 0 Å². The quantitative estimate of drug-likeness (QED) is 0.558. The van der Waals surface area contributed by atoms with Crippen LogP contribution in [0.3, 0.4) is 0 Å². The minimum Gasteiger partial charge on any atom is -0.468 e. The highest BCUT2D eigenvalue weighted by Crippen LogP contribution is 2.49. The zero-order chi connectivity index (χ0) is 12.6. The van der Waals surface area contributed by atoms with Crippen LogP contribution in [-0.2, 0) is 14.3 Å². The van der Waals surface area contributed by atoms with Gasteiger partial charge in [-0.2, -0.15) is 0 Å². The third-order valence-corrected chi connectivity index (χ3v) is 4.53. The van der Waals surface area contributed by atoms with Crippen molar-refractivity contribution < 1.29 is 14.3 Å². The molecule has 2 aliphatic rings. The molecule has 4 atom stereocenters. The zero-order valence-corrected chi connectivity index (χ0v) is 10.9. The van der Waals surface area contributed by atoms with E-state index in [1.165, 1.54) is 26.4 Å². The Labute approximate surface area is 103 Å². The van der Waals surface area contributed by atoms with Gasteiger partial charge in [-0.1, -0.05) is 20.3 Å². The summed E-state index contributed by atoms with van der Waals surface area (Å²) in [7, 11) is 1.37. The number of carbonyl (C=O) groups excluding carboxylic acids is 2. The number of Topliss-reactive ketones (excluding diaryl/α,β-unsaturated/α-hetero) is 1. The van der Waals surface area contributed by atoms with Gasteiger partial charge in [0.05, 0.1) is 7.11 Å². The smallest absolute Gasteiger partial charge is 0.316 e. The number of hydrogen-bond acceptors (Lipinski definition) is 3. The van der Waals surface area contributed by atoms with Crippen molar-refractivity contribution in [2.75, 3.05) is 7.11 Å². The molecule has 2 rings (SSSR count). The van der Waals surface area contributed by atoms with Gasteiger partial charge in [0.1, 0.15) is 5.92 Å². The first-order valence-corrected chi connectivity index (χ1v) is 6.66. The van der Waals surface area contributed by atoms with Crippen LogP contribution in [-0.4, -0.2) is 18.9 Å². The highest BCUT2D eigenvalue weighted by atomic mass is 16.5. The van der Waals surface area contributed by atoms with Crippen molar-refractivity contribution >= 4 is 11.8 Å². The third kappa shape index (κ3) is 2.24.